The molecule has 2 aromatic rings. The lowest BCUT2D eigenvalue weighted by atomic mass is 10.1. The average Bonchev–Trinajstić information content (AvgIpc) is 3.31. The molecule has 1 aromatic heterocycles. The summed E-state index contributed by atoms with van der Waals surface area (Å²) in [5, 5.41) is 8.26. The van der Waals surface area contributed by atoms with Gasteiger partial charge in [-0.15, -0.1) is 10.2 Å². The number of aromatic nitrogens is 3. The average molecular weight is 312 g/mol. The van der Waals surface area contributed by atoms with Crippen molar-refractivity contribution in [1.29, 1.82) is 0 Å². The van der Waals surface area contributed by atoms with E-state index in [2.05, 4.69) is 26.9 Å². The summed E-state index contributed by atoms with van der Waals surface area (Å²) in [6, 6.07) is 8.04. The van der Waals surface area contributed by atoms with E-state index in [1.54, 1.807) is 7.11 Å². The van der Waals surface area contributed by atoms with Crippen LogP contribution < -0.4 is 4.74 Å². The molecule has 0 saturated heterocycles. The monoisotopic (exact) mass is 312 g/mol. The van der Waals surface area contributed by atoms with E-state index in [4.69, 9.17) is 4.74 Å². The first-order chi connectivity index (χ1) is 11.2. The molecule has 4 rings (SSSR count). The van der Waals surface area contributed by atoms with Crippen LogP contribution in [0.5, 0.6) is 5.75 Å². The van der Waals surface area contributed by atoms with Gasteiger partial charge in [0.15, 0.2) is 5.82 Å². The largest absolute Gasteiger partial charge is 0.497 e. The zero-order valence-electron chi connectivity index (χ0n) is 13.4. The molecule has 2 atom stereocenters. The van der Waals surface area contributed by atoms with E-state index in [1.165, 1.54) is 5.56 Å². The van der Waals surface area contributed by atoms with E-state index in [9.17, 15) is 4.79 Å². The SMILES string of the molecule is COc1ccc([C@H]2C[C@H]2C(=O)N2CCn3c(C)nnc3C2)cc1. The number of carbonyl (C=O) groups excluding carboxylic acids is 1. The first-order valence-electron chi connectivity index (χ1n) is 7.99. The maximum Gasteiger partial charge on any atom is 0.226 e. The Morgan fingerprint density at radius 2 is 2.00 bits per heavy atom. The molecular weight excluding hydrogens is 292 g/mol. The molecule has 0 unspecified atom stereocenters. The number of aryl methyl sites for hydroxylation is 1. The molecule has 0 N–H and O–H groups in total. The third-order valence-corrected chi connectivity index (χ3v) is 4.90. The summed E-state index contributed by atoms with van der Waals surface area (Å²) in [7, 11) is 1.66. The van der Waals surface area contributed by atoms with E-state index < -0.39 is 0 Å². The molecule has 1 fully saturated rings. The van der Waals surface area contributed by atoms with E-state index in [0.717, 1.165) is 36.9 Å². The number of benzene rings is 1. The van der Waals surface area contributed by atoms with Crippen LogP contribution >= 0.6 is 0 Å². The van der Waals surface area contributed by atoms with Crippen LogP contribution in [-0.4, -0.2) is 39.2 Å². The Bertz CT molecular complexity index is 738. The van der Waals surface area contributed by atoms with Crippen LogP contribution in [0.2, 0.25) is 0 Å². The highest BCUT2D eigenvalue weighted by atomic mass is 16.5. The summed E-state index contributed by atoms with van der Waals surface area (Å²) in [6.07, 6.45) is 0.938. The molecule has 120 valence electrons. The molecule has 1 amide bonds. The summed E-state index contributed by atoms with van der Waals surface area (Å²) >= 11 is 0. The fourth-order valence-electron chi connectivity index (χ4n) is 3.41. The molecule has 1 saturated carbocycles. The second-order valence-electron chi connectivity index (χ2n) is 6.30. The molecule has 6 nitrogen and oxygen atoms in total. The zero-order valence-corrected chi connectivity index (χ0v) is 13.4. The third kappa shape index (κ3) is 2.48. The minimum atomic E-state index is 0.110. The van der Waals surface area contributed by atoms with Gasteiger partial charge in [0.2, 0.25) is 5.91 Å². The Balaban J connectivity index is 1.43. The first-order valence-corrected chi connectivity index (χ1v) is 7.99. The highest BCUT2D eigenvalue weighted by molar-refractivity contribution is 5.83. The molecule has 2 aliphatic rings. The lowest BCUT2D eigenvalue weighted by Crippen LogP contribution is -2.39. The van der Waals surface area contributed by atoms with Gasteiger partial charge in [-0.3, -0.25) is 4.79 Å². The molecule has 0 radical (unpaired) electrons. The van der Waals surface area contributed by atoms with Gasteiger partial charge in [0.25, 0.3) is 0 Å². The van der Waals surface area contributed by atoms with E-state index >= 15 is 0 Å². The molecule has 23 heavy (non-hydrogen) atoms. The molecule has 0 bridgehead atoms. The summed E-state index contributed by atoms with van der Waals surface area (Å²) in [5.41, 5.74) is 1.22. The highest BCUT2D eigenvalue weighted by Gasteiger charge is 2.46. The zero-order chi connectivity index (χ0) is 16.0. The Morgan fingerprint density at radius 3 is 2.74 bits per heavy atom. The molecule has 6 heteroatoms. The topological polar surface area (TPSA) is 60.2 Å². The standard InChI is InChI=1S/C17H20N4O2/c1-11-18-19-16-10-20(7-8-21(11)16)17(22)15-9-14(15)12-3-5-13(23-2)6-4-12/h3-6,14-15H,7-10H2,1-2H3/t14-,15-/m1/s1. The maximum atomic E-state index is 12.7. The van der Waals surface area contributed by atoms with Crippen molar-refractivity contribution in [2.75, 3.05) is 13.7 Å². The lowest BCUT2D eigenvalue weighted by Gasteiger charge is -2.27. The van der Waals surface area contributed by atoms with Gasteiger partial charge in [-0.2, -0.15) is 0 Å². The number of ether oxygens (including phenoxy) is 1. The predicted octanol–water partition coefficient (Wildman–Crippen LogP) is 1.74. The Morgan fingerprint density at radius 1 is 1.22 bits per heavy atom. The van der Waals surface area contributed by atoms with Gasteiger partial charge in [0.1, 0.15) is 11.6 Å². The minimum Gasteiger partial charge on any atom is -0.497 e. The van der Waals surface area contributed by atoms with E-state index in [0.29, 0.717) is 12.5 Å². The number of nitrogens with zero attached hydrogens (tertiary/aromatic N) is 4. The van der Waals surface area contributed by atoms with Crippen LogP contribution in [0, 0.1) is 12.8 Å². The molecular formula is C17H20N4O2. The van der Waals surface area contributed by atoms with Crippen LogP contribution in [0.25, 0.3) is 0 Å². The molecule has 2 heterocycles. The minimum absolute atomic E-state index is 0.110. The smallest absolute Gasteiger partial charge is 0.226 e. The molecule has 1 aliphatic heterocycles. The summed E-state index contributed by atoms with van der Waals surface area (Å²) < 4.78 is 7.28. The first kappa shape index (κ1) is 14.2. The van der Waals surface area contributed by atoms with Crippen LogP contribution in [-0.2, 0) is 17.9 Å². The van der Waals surface area contributed by atoms with Gasteiger partial charge in [0, 0.05) is 19.0 Å². The number of amides is 1. The normalized spacial score (nSPS) is 22.6. The Kier molecular flexibility index (Phi) is 3.32. The van der Waals surface area contributed by atoms with Crippen LogP contribution in [0.15, 0.2) is 24.3 Å². The third-order valence-electron chi connectivity index (χ3n) is 4.90. The lowest BCUT2D eigenvalue weighted by molar-refractivity contribution is -0.134. The number of carbonyl (C=O) groups is 1. The van der Waals surface area contributed by atoms with Gasteiger partial charge in [-0.25, -0.2) is 0 Å². The molecule has 0 spiro atoms. The van der Waals surface area contributed by atoms with Gasteiger partial charge in [-0.1, -0.05) is 12.1 Å². The summed E-state index contributed by atoms with van der Waals surface area (Å²) in [5.74, 6) is 3.37. The molecule has 1 aromatic carbocycles. The second-order valence-corrected chi connectivity index (χ2v) is 6.30. The van der Waals surface area contributed by atoms with Gasteiger partial charge in [0.05, 0.1) is 13.7 Å². The second kappa shape index (κ2) is 5.37. The Labute approximate surface area is 135 Å². The number of methoxy groups -OCH3 is 1. The van der Waals surface area contributed by atoms with Gasteiger partial charge in [-0.05, 0) is 37.0 Å². The van der Waals surface area contributed by atoms with Crippen molar-refractivity contribution in [3.63, 3.8) is 0 Å². The van der Waals surface area contributed by atoms with Crippen molar-refractivity contribution in [3.05, 3.63) is 41.5 Å². The summed E-state index contributed by atoms with van der Waals surface area (Å²) in [4.78, 5) is 14.7. The van der Waals surface area contributed by atoms with Crippen LogP contribution in [0.1, 0.15) is 29.6 Å². The fourth-order valence-corrected chi connectivity index (χ4v) is 3.41. The van der Waals surface area contributed by atoms with Crippen molar-refractivity contribution < 1.29 is 9.53 Å². The number of rotatable bonds is 3. The number of hydrogen-bond acceptors (Lipinski definition) is 4. The van der Waals surface area contributed by atoms with Crippen molar-refractivity contribution in [1.82, 2.24) is 19.7 Å². The van der Waals surface area contributed by atoms with E-state index in [1.807, 2.05) is 24.0 Å². The Hall–Kier alpha value is -2.37. The molecule has 1 aliphatic carbocycles. The number of fused-ring (bicyclic) bond motifs is 1. The van der Waals surface area contributed by atoms with Gasteiger partial charge < -0.3 is 14.2 Å². The highest BCUT2D eigenvalue weighted by Crippen LogP contribution is 2.49. The maximum absolute atomic E-state index is 12.7. The number of hydrogen-bond donors (Lipinski definition) is 0. The quantitative estimate of drug-likeness (QED) is 0.866. The van der Waals surface area contributed by atoms with Crippen LogP contribution in [0.3, 0.4) is 0 Å². The summed E-state index contributed by atoms with van der Waals surface area (Å²) in [6.45, 7) is 4.07. The van der Waals surface area contributed by atoms with Crippen molar-refractivity contribution >= 4 is 5.91 Å². The van der Waals surface area contributed by atoms with Crippen molar-refractivity contribution in [2.24, 2.45) is 5.92 Å². The van der Waals surface area contributed by atoms with Crippen LogP contribution in [0.4, 0.5) is 0 Å². The van der Waals surface area contributed by atoms with Crippen molar-refractivity contribution in [2.45, 2.75) is 32.4 Å². The fraction of sp³-hybridized carbons (Fsp3) is 0.471. The van der Waals surface area contributed by atoms with Gasteiger partial charge >= 0.3 is 0 Å². The van der Waals surface area contributed by atoms with E-state index in [-0.39, 0.29) is 11.8 Å². The predicted molar refractivity (Wildman–Crippen MR) is 84.0 cm³/mol. The van der Waals surface area contributed by atoms with Crippen molar-refractivity contribution in [3.8, 4) is 5.75 Å².